The van der Waals surface area contributed by atoms with Crippen LogP contribution in [0, 0.1) is 0 Å². The number of H-pyrrole nitrogens is 1. The number of nitrogens with one attached hydrogen (secondary N) is 2. The smallest absolute Gasteiger partial charge is 0.321 e. The van der Waals surface area contributed by atoms with Gasteiger partial charge in [0.2, 0.25) is 0 Å². The van der Waals surface area contributed by atoms with Gasteiger partial charge < -0.3 is 10.2 Å². The zero-order valence-electron chi connectivity index (χ0n) is 20.7. The second-order valence-electron chi connectivity index (χ2n) is 9.72. The number of carbonyl (C=O) groups excluding carboxylic acids is 1. The van der Waals surface area contributed by atoms with Crippen molar-refractivity contribution >= 4 is 11.7 Å². The van der Waals surface area contributed by atoms with Gasteiger partial charge in [0.25, 0.3) is 0 Å². The molecule has 3 aromatic rings. The minimum Gasteiger partial charge on any atom is -0.321 e. The molecule has 2 aliphatic rings. The van der Waals surface area contributed by atoms with Gasteiger partial charge in [-0.15, -0.1) is 0 Å². The number of hydrogen-bond acceptors (Lipinski definition) is 4. The fourth-order valence-corrected chi connectivity index (χ4v) is 4.89. The van der Waals surface area contributed by atoms with Crippen molar-refractivity contribution in [1.82, 2.24) is 24.9 Å². The van der Waals surface area contributed by atoms with Gasteiger partial charge in [0.1, 0.15) is 0 Å². The highest BCUT2D eigenvalue weighted by Gasteiger charge is 2.39. The lowest BCUT2D eigenvalue weighted by molar-refractivity contribution is -0.143. The average molecular weight is 553 g/mol. The van der Waals surface area contributed by atoms with E-state index in [2.05, 4.69) is 25.3 Å². The minimum atomic E-state index is -4.98. The highest BCUT2D eigenvalue weighted by Crippen LogP contribution is 2.37. The molecule has 2 N–H and O–H groups in total. The molecule has 3 heterocycles. The summed E-state index contributed by atoms with van der Waals surface area (Å²) in [5.41, 5.74) is -0.434. The predicted octanol–water partition coefficient (Wildman–Crippen LogP) is 5.15. The summed E-state index contributed by atoms with van der Waals surface area (Å²) in [7, 11) is 0. The maximum Gasteiger partial charge on any atom is 0.416 e. The molecule has 2 aromatic carbocycles. The van der Waals surface area contributed by atoms with Gasteiger partial charge in [0.15, 0.2) is 0 Å². The van der Waals surface area contributed by atoms with Crippen molar-refractivity contribution in [2.75, 3.05) is 44.6 Å². The van der Waals surface area contributed by atoms with Crippen molar-refractivity contribution in [1.29, 1.82) is 0 Å². The molecule has 0 aliphatic carbocycles. The van der Waals surface area contributed by atoms with Crippen LogP contribution in [0.15, 0.2) is 54.7 Å². The number of aromatic amines is 1. The molecule has 13 heteroatoms. The van der Waals surface area contributed by atoms with Gasteiger partial charge in [-0.1, -0.05) is 30.3 Å². The van der Waals surface area contributed by atoms with Crippen LogP contribution in [0.25, 0.3) is 11.3 Å². The monoisotopic (exact) mass is 552 g/mol. The van der Waals surface area contributed by atoms with Crippen molar-refractivity contribution in [3.63, 3.8) is 0 Å². The summed E-state index contributed by atoms with van der Waals surface area (Å²) in [6.07, 6.45) is -8.06. The van der Waals surface area contributed by atoms with Gasteiger partial charge in [-0.05, 0) is 18.2 Å². The Morgan fingerprint density at radius 3 is 2.13 bits per heavy atom. The summed E-state index contributed by atoms with van der Waals surface area (Å²) >= 11 is 0. The van der Waals surface area contributed by atoms with Crippen LogP contribution in [0.3, 0.4) is 0 Å². The van der Waals surface area contributed by atoms with E-state index in [0.717, 1.165) is 49.5 Å². The van der Waals surface area contributed by atoms with E-state index < -0.39 is 35.2 Å². The first-order valence-electron chi connectivity index (χ1n) is 12.4. The number of likely N-dealkylation sites (tertiary alicyclic amines) is 1. The van der Waals surface area contributed by atoms with Gasteiger partial charge in [0, 0.05) is 74.9 Å². The van der Waals surface area contributed by atoms with Crippen LogP contribution in [-0.4, -0.2) is 76.2 Å². The van der Waals surface area contributed by atoms with Gasteiger partial charge in [-0.25, -0.2) is 4.79 Å². The number of nitrogens with zero attached hydrogens (tertiary/aromatic N) is 4. The van der Waals surface area contributed by atoms with Crippen LogP contribution >= 0.6 is 0 Å². The summed E-state index contributed by atoms with van der Waals surface area (Å²) < 4.78 is 78.6. The van der Waals surface area contributed by atoms with Crippen molar-refractivity contribution in [2.45, 2.75) is 24.9 Å². The number of amides is 2. The first kappa shape index (κ1) is 27.0. The topological polar surface area (TPSA) is 67.5 Å². The number of alkyl halides is 6. The number of rotatable bonds is 5. The largest absolute Gasteiger partial charge is 0.416 e. The number of aromatic nitrogens is 2. The zero-order chi connectivity index (χ0) is 27.8. The van der Waals surface area contributed by atoms with Crippen LogP contribution in [0.5, 0.6) is 0 Å². The normalized spacial score (nSPS) is 17.7. The second kappa shape index (κ2) is 10.5. The molecule has 2 amide bonds. The Kier molecular flexibility index (Phi) is 7.29. The van der Waals surface area contributed by atoms with E-state index in [9.17, 15) is 31.1 Å². The molecular weight excluding hydrogens is 526 g/mol. The van der Waals surface area contributed by atoms with E-state index in [-0.39, 0.29) is 12.1 Å². The predicted molar refractivity (Wildman–Crippen MR) is 132 cm³/mol. The van der Waals surface area contributed by atoms with E-state index >= 15 is 0 Å². The molecular formula is C26H26F6N6O. The minimum absolute atomic E-state index is 0.0317. The van der Waals surface area contributed by atoms with Gasteiger partial charge in [-0.2, -0.15) is 31.4 Å². The Bertz CT molecular complexity index is 1260. The van der Waals surface area contributed by atoms with E-state index in [0.29, 0.717) is 25.2 Å². The van der Waals surface area contributed by atoms with Crippen LogP contribution in [-0.2, 0) is 18.9 Å². The summed E-state index contributed by atoms with van der Waals surface area (Å²) in [5, 5.41) is 9.53. The third-order valence-electron chi connectivity index (χ3n) is 7.07. The second-order valence-corrected chi connectivity index (χ2v) is 9.72. The molecule has 0 saturated carbocycles. The summed E-state index contributed by atoms with van der Waals surface area (Å²) in [6, 6.07) is 10.3. The fourth-order valence-electron chi connectivity index (χ4n) is 4.89. The molecule has 0 radical (unpaired) electrons. The Hall–Kier alpha value is -3.58. The molecule has 0 unspecified atom stereocenters. The highest BCUT2D eigenvalue weighted by molar-refractivity contribution is 5.90. The van der Waals surface area contributed by atoms with Crippen LogP contribution in [0.1, 0.15) is 16.7 Å². The third kappa shape index (κ3) is 6.19. The lowest BCUT2D eigenvalue weighted by atomic mass is 10.1. The number of urea groups is 1. The molecule has 2 fully saturated rings. The molecule has 208 valence electrons. The van der Waals surface area contributed by atoms with E-state index in [1.807, 2.05) is 36.5 Å². The lowest BCUT2D eigenvalue weighted by Gasteiger charge is -2.48. The zero-order valence-corrected chi connectivity index (χ0v) is 20.7. The van der Waals surface area contributed by atoms with E-state index in [1.165, 1.54) is 4.90 Å². The van der Waals surface area contributed by atoms with Gasteiger partial charge in [0.05, 0.1) is 16.8 Å². The Morgan fingerprint density at radius 1 is 0.923 bits per heavy atom. The average Bonchev–Trinajstić information content (AvgIpc) is 3.31. The van der Waals surface area contributed by atoms with Gasteiger partial charge in [-0.3, -0.25) is 14.9 Å². The Labute approximate surface area is 220 Å². The fraction of sp³-hybridized carbons (Fsp3) is 0.385. The Morgan fingerprint density at radius 2 is 1.54 bits per heavy atom. The van der Waals surface area contributed by atoms with Crippen molar-refractivity contribution < 1.29 is 31.1 Å². The number of benzene rings is 2. The first-order chi connectivity index (χ1) is 18.5. The Balaban J connectivity index is 1.12. The van der Waals surface area contributed by atoms with Crippen molar-refractivity contribution in [2.24, 2.45) is 0 Å². The molecule has 0 spiro atoms. The third-order valence-corrected chi connectivity index (χ3v) is 7.07. The molecule has 39 heavy (non-hydrogen) atoms. The number of halogens is 6. The number of hydrogen-bond donors (Lipinski definition) is 2. The molecule has 2 saturated heterocycles. The van der Waals surface area contributed by atoms with E-state index in [1.54, 1.807) is 0 Å². The standard InChI is InChI=1S/C26H26F6N6O/c27-25(28,29)19-10-20(26(30,31)32)12-21(11-19)34-24(39)38-15-22(16-38)37-8-6-36(7-9-37)14-18-13-33-35-23(18)17-4-2-1-3-5-17/h1-5,10-13,22H,6-9,14-16H2,(H,33,35)(H,34,39). The first-order valence-corrected chi connectivity index (χ1v) is 12.4. The SMILES string of the molecule is O=C(Nc1cc(C(F)(F)F)cc(C(F)(F)F)c1)N1CC(N2CCN(Cc3c[nH]nc3-c3ccccc3)CC2)C1. The highest BCUT2D eigenvalue weighted by atomic mass is 19.4. The molecule has 0 atom stereocenters. The van der Waals surface area contributed by atoms with Crippen LogP contribution in [0.4, 0.5) is 36.8 Å². The maximum atomic E-state index is 13.1. The van der Waals surface area contributed by atoms with E-state index in [4.69, 9.17) is 0 Å². The maximum absolute atomic E-state index is 13.1. The van der Waals surface area contributed by atoms with Gasteiger partial charge >= 0.3 is 18.4 Å². The number of anilines is 1. The molecule has 5 rings (SSSR count). The number of piperazine rings is 1. The van der Waals surface area contributed by atoms with Crippen LogP contribution < -0.4 is 5.32 Å². The summed E-state index contributed by atoms with van der Waals surface area (Å²) in [4.78, 5) is 18.5. The molecule has 1 aromatic heterocycles. The molecule has 0 bridgehead atoms. The number of carbonyl (C=O) groups is 1. The van der Waals surface area contributed by atoms with Crippen molar-refractivity contribution in [3.8, 4) is 11.3 Å². The molecule has 7 nitrogen and oxygen atoms in total. The summed E-state index contributed by atoms with van der Waals surface area (Å²) in [6.45, 7) is 4.61. The van der Waals surface area contributed by atoms with Crippen LogP contribution in [0.2, 0.25) is 0 Å². The molecule has 2 aliphatic heterocycles. The summed E-state index contributed by atoms with van der Waals surface area (Å²) in [5.74, 6) is 0. The lowest BCUT2D eigenvalue weighted by Crippen LogP contribution is -2.64. The van der Waals surface area contributed by atoms with Crippen molar-refractivity contribution in [3.05, 3.63) is 71.4 Å². The quantitative estimate of drug-likeness (QED) is 0.430.